The predicted molar refractivity (Wildman–Crippen MR) is 81.1 cm³/mol. The predicted octanol–water partition coefficient (Wildman–Crippen LogP) is 3.31. The van der Waals surface area contributed by atoms with Crippen LogP contribution in [0, 0.1) is 6.92 Å². The van der Waals surface area contributed by atoms with Crippen LogP contribution in [0.2, 0.25) is 0 Å². The Morgan fingerprint density at radius 3 is 2.55 bits per heavy atom. The van der Waals surface area contributed by atoms with Gasteiger partial charge in [0.2, 0.25) is 0 Å². The normalized spacial score (nSPS) is 22.9. The van der Waals surface area contributed by atoms with Gasteiger partial charge in [-0.2, -0.15) is 0 Å². The standard InChI is InChI=1S/C16H22N2O2/c1-12-8-6-7-10-14(12)18(16(19)20)15-11-5-3-2-4-9-13(15)17/h2-3,6-8,10,13,15H,4-5,9,11,17H2,1H3,(H,19,20). The average Bonchev–Trinajstić information content (AvgIpc) is 2.39. The first-order valence-electron chi connectivity index (χ1n) is 7.09. The number of anilines is 1. The van der Waals surface area contributed by atoms with Gasteiger partial charge in [0.1, 0.15) is 0 Å². The van der Waals surface area contributed by atoms with Crippen molar-refractivity contribution in [1.29, 1.82) is 0 Å². The van der Waals surface area contributed by atoms with Gasteiger partial charge in [-0.25, -0.2) is 4.79 Å². The number of benzene rings is 1. The minimum atomic E-state index is -0.927. The zero-order chi connectivity index (χ0) is 14.5. The molecule has 0 aromatic heterocycles. The van der Waals surface area contributed by atoms with E-state index in [4.69, 9.17) is 5.73 Å². The minimum absolute atomic E-state index is 0.129. The number of nitrogens with zero attached hydrogens (tertiary/aromatic N) is 1. The summed E-state index contributed by atoms with van der Waals surface area (Å²) in [4.78, 5) is 13.2. The second-order valence-electron chi connectivity index (χ2n) is 5.30. The molecule has 0 fully saturated rings. The van der Waals surface area contributed by atoms with Gasteiger partial charge in [0.25, 0.3) is 0 Å². The number of aryl methyl sites for hydroxylation is 1. The highest BCUT2D eigenvalue weighted by atomic mass is 16.4. The lowest BCUT2D eigenvalue weighted by atomic mass is 9.94. The number of hydrogen-bond acceptors (Lipinski definition) is 2. The summed E-state index contributed by atoms with van der Waals surface area (Å²) in [6, 6.07) is 7.27. The zero-order valence-corrected chi connectivity index (χ0v) is 11.8. The van der Waals surface area contributed by atoms with E-state index < -0.39 is 6.09 Å². The molecule has 0 spiro atoms. The summed E-state index contributed by atoms with van der Waals surface area (Å²) < 4.78 is 0. The van der Waals surface area contributed by atoms with Crippen molar-refractivity contribution in [1.82, 2.24) is 0 Å². The maximum atomic E-state index is 11.7. The fourth-order valence-electron chi connectivity index (χ4n) is 2.78. The van der Waals surface area contributed by atoms with E-state index in [1.165, 1.54) is 4.90 Å². The van der Waals surface area contributed by atoms with E-state index in [0.717, 1.165) is 36.9 Å². The number of carboxylic acid groups (broad SMARTS) is 1. The van der Waals surface area contributed by atoms with Crippen molar-refractivity contribution in [3.8, 4) is 0 Å². The largest absolute Gasteiger partial charge is 0.465 e. The second-order valence-corrected chi connectivity index (χ2v) is 5.30. The summed E-state index contributed by atoms with van der Waals surface area (Å²) in [7, 11) is 0. The summed E-state index contributed by atoms with van der Waals surface area (Å²) in [6.07, 6.45) is 6.69. The van der Waals surface area contributed by atoms with Crippen LogP contribution in [-0.4, -0.2) is 23.3 Å². The van der Waals surface area contributed by atoms with Crippen molar-refractivity contribution in [2.45, 2.75) is 44.7 Å². The SMILES string of the molecule is Cc1ccccc1N(C(=O)O)C1CCC=CCCC1N. The number of nitrogens with two attached hydrogens (primary N) is 1. The molecule has 108 valence electrons. The van der Waals surface area contributed by atoms with Crippen LogP contribution < -0.4 is 10.6 Å². The first-order valence-corrected chi connectivity index (χ1v) is 7.09. The molecule has 0 bridgehead atoms. The molecule has 0 saturated carbocycles. The molecule has 2 unspecified atom stereocenters. The van der Waals surface area contributed by atoms with E-state index in [1.807, 2.05) is 31.2 Å². The summed E-state index contributed by atoms with van der Waals surface area (Å²) in [6.45, 7) is 1.93. The number of amides is 1. The van der Waals surface area contributed by atoms with Crippen LogP contribution in [0.1, 0.15) is 31.2 Å². The molecule has 0 aliphatic heterocycles. The lowest BCUT2D eigenvalue weighted by Crippen LogP contribution is -2.50. The molecule has 0 saturated heterocycles. The van der Waals surface area contributed by atoms with Crippen LogP contribution in [0.25, 0.3) is 0 Å². The van der Waals surface area contributed by atoms with Crippen LogP contribution in [0.4, 0.5) is 10.5 Å². The van der Waals surface area contributed by atoms with Crippen molar-refractivity contribution in [2.24, 2.45) is 5.73 Å². The van der Waals surface area contributed by atoms with Crippen LogP contribution in [0.15, 0.2) is 36.4 Å². The van der Waals surface area contributed by atoms with Crippen molar-refractivity contribution in [3.05, 3.63) is 42.0 Å². The highest BCUT2D eigenvalue weighted by Crippen LogP contribution is 2.27. The molecule has 1 aliphatic carbocycles. The van der Waals surface area contributed by atoms with Gasteiger partial charge in [-0.15, -0.1) is 0 Å². The molecule has 1 aromatic carbocycles. The lowest BCUT2D eigenvalue weighted by Gasteiger charge is -2.35. The van der Waals surface area contributed by atoms with Crippen molar-refractivity contribution in [2.75, 3.05) is 4.90 Å². The minimum Gasteiger partial charge on any atom is -0.465 e. The number of para-hydroxylation sites is 1. The molecule has 3 N–H and O–H groups in total. The fourth-order valence-corrected chi connectivity index (χ4v) is 2.78. The van der Waals surface area contributed by atoms with E-state index in [0.29, 0.717) is 0 Å². The van der Waals surface area contributed by atoms with Crippen LogP contribution in [0.5, 0.6) is 0 Å². The van der Waals surface area contributed by atoms with Crippen molar-refractivity contribution in [3.63, 3.8) is 0 Å². The molecular formula is C16H22N2O2. The van der Waals surface area contributed by atoms with E-state index in [2.05, 4.69) is 12.2 Å². The number of allylic oxidation sites excluding steroid dienone is 2. The van der Waals surface area contributed by atoms with E-state index in [-0.39, 0.29) is 12.1 Å². The number of carbonyl (C=O) groups is 1. The van der Waals surface area contributed by atoms with Crippen LogP contribution in [-0.2, 0) is 0 Å². The molecule has 2 atom stereocenters. The Bertz CT molecular complexity index is 499. The Hall–Kier alpha value is -1.81. The van der Waals surface area contributed by atoms with Crippen LogP contribution in [0.3, 0.4) is 0 Å². The van der Waals surface area contributed by atoms with E-state index >= 15 is 0 Å². The smallest absolute Gasteiger partial charge is 0.412 e. The number of hydrogen-bond donors (Lipinski definition) is 2. The third kappa shape index (κ3) is 3.20. The van der Waals surface area contributed by atoms with Gasteiger partial charge in [-0.1, -0.05) is 30.4 Å². The monoisotopic (exact) mass is 274 g/mol. The van der Waals surface area contributed by atoms with Crippen molar-refractivity contribution < 1.29 is 9.90 Å². The molecule has 1 amide bonds. The molecule has 2 rings (SSSR count). The quantitative estimate of drug-likeness (QED) is 0.813. The molecule has 20 heavy (non-hydrogen) atoms. The average molecular weight is 274 g/mol. The van der Waals surface area contributed by atoms with Gasteiger partial charge in [0.05, 0.1) is 11.7 Å². The van der Waals surface area contributed by atoms with Gasteiger partial charge in [0, 0.05) is 6.04 Å². The Morgan fingerprint density at radius 1 is 1.25 bits per heavy atom. The third-order valence-corrected chi connectivity index (χ3v) is 3.87. The molecule has 4 heteroatoms. The molecule has 1 aromatic rings. The Kier molecular flexibility index (Phi) is 4.79. The first-order chi connectivity index (χ1) is 9.61. The Balaban J connectivity index is 2.34. The summed E-state index contributed by atoms with van der Waals surface area (Å²) in [5.74, 6) is 0. The van der Waals surface area contributed by atoms with Crippen LogP contribution >= 0.6 is 0 Å². The molecule has 0 heterocycles. The highest BCUT2D eigenvalue weighted by molar-refractivity contribution is 5.88. The summed E-state index contributed by atoms with van der Waals surface area (Å²) in [5, 5.41) is 9.64. The molecular weight excluding hydrogens is 252 g/mol. The maximum Gasteiger partial charge on any atom is 0.412 e. The Labute approximate surface area is 119 Å². The third-order valence-electron chi connectivity index (χ3n) is 3.87. The summed E-state index contributed by atoms with van der Waals surface area (Å²) >= 11 is 0. The second kappa shape index (κ2) is 6.57. The van der Waals surface area contributed by atoms with Gasteiger partial charge in [-0.3, -0.25) is 4.90 Å². The van der Waals surface area contributed by atoms with E-state index in [1.54, 1.807) is 0 Å². The molecule has 0 radical (unpaired) electrons. The maximum absolute atomic E-state index is 11.7. The van der Waals surface area contributed by atoms with E-state index in [9.17, 15) is 9.90 Å². The van der Waals surface area contributed by atoms with Gasteiger partial charge >= 0.3 is 6.09 Å². The van der Waals surface area contributed by atoms with Gasteiger partial charge in [0.15, 0.2) is 0 Å². The van der Waals surface area contributed by atoms with Crippen molar-refractivity contribution >= 4 is 11.8 Å². The first kappa shape index (κ1) is 14.6. The molecule has 4 nitrogen and oxygen atoms in total. The van der Waals surface area contributed by atoms with Gasteiger partial charge < -0.3 is 10.8 Å². The zero-order valence-electron chi connectivity index (χ0n) is 11.8. The highest BCUT2D eigenvalue weighted by Gasteiger charge is 2.30. The fraction of sp³-hybridized carbons (Fsp3) is 0.438. The topological polar surface area (TPSA) is 66.6 Å². The summed E-state index contributed by atoms with van der Waals surface area (Å²) in [5.41, 5.74) is 7.93. The lowest BCUT2D eigenvalue weighted by molar-refractivity contribution is 0.196. The molecule has 1 aliphatic rings. The van der Waals surface area contributed by atoms with Gasteiger partial charge in [-0.05, 0) is 44.2 Å². The Morgan fingerprint density at radius 2 is 1.90 bits per heavy atom. The number of rotatable bonds is 2.